The molecule has 0 aromatic heterocycles. The van der Waals surface area contributed by atoms with Crippen LogP contribution in [0.1, 0.15) is 5.56 Å². The molecular formula is C16H20O5. The summed E-state index contributed by atoms with van der Waals surface area (Å²) in [7, 11) is 4.99. The van der Waals surface area contributed by atoms with E-state index in [0.29, 0.717) is 6.61 Å². The molecule has 2 aliphatic rings. The van der Waals surface area contributed by atoms with Gasteiger partial charge in [-0.15, -0.1) is 0 Å². The van der Waals surface area contributed by atoms with Crippen LogP contribution in [-0.2, 0) is 20.6 Å². The smallest absolute Gasteiger partial charge is 0.223 e. The maximum absolute atomic E-state index is 5.98. The monoisotopic (exact) mass is 292 g/mol. The van der Waals surface area contributed by atoms with Gasteiger partial charge >= 0.3 is 0 Å². The molecule has 114 valence electrons. The average Bonchev–Trinajstić information content (AvgIpc) is 2.52. The summed E-state index contributed by atoms with van der Waals surface area (Å²) in [6.07, 6.45) is 2.22. The highest BCUT2D eigenvalue weighted by Crippen LogP contribution is 2.36. The normalized spacial score (nSPS) is 27.2. The van der Waals surface area contributed by atoms with E-state index in [4.69, 9.17) is 23.7 Å². The fourth-order valence-electron chi connectivity index (χ4n) is 2.76. The Labute approximate surface area is 124 Å². The van der Waals surface area contributed by atoms with E-state index in [-0.39, 0.29) is 18.5 Å². The SMILES string of the molecule is COC[C@H]1O[C@@H]2Oc3ccc(OC)cc3CC2=C[C@@H]1OC. The fraction of sp³-hybridized carbons (Fsp3) is 0.500. The molecule has 0 N–H and O–H groups in total. The van der Waals surface area contributed by atoms with Gasteiger partial charge < -0.3 is 23.7 Å². The molecule has 5 nitrogen and oxygen atoms in total. The molecule has 2 aliphatic heterocycles. The molecule has 0 aliphatic carbocycles. The lowest BCUT2D eigenvalue weighted by atomic mass is 9.96. The Bertz CT molecular complexity index is 539. The zero-order chi connectivity index (χ0) is 14.8. The fourth-order valence-corrected chi connectivity index (χ4v) is 2.76. The zero-order valence-corrected chi connectivity index (χ0v) is 12.5. The van der Waals surface area contributed by atoms with Crippen LogP contribution in [0.2, 0.25) is 0 Å². The highest BCUT2D eigenvalue weighted by Gasteiger charge is 2.36. The quantitative estimate of drug-likeness (QED) is 0.794. The van der Waals surface area contributed by atoms with Gasteiger partial charge in [0.15, 0.2) is 0 Å². The van der Waals surface area contributed by atoms with Crippen LogP contribution in [-0.4, -0.2) is 46.4 Å². The Balaban J connectivity index is 1.87. The molecule has 5 heteroatoms. The van der Waals surface area contributed by atoms with Crippen LogP contribution in [0.5, 0.6) is 11.5 Å². The van der Waals surface area contributed by atoms with E-state index in [2.05, 4.69) is 6.08 Å². The summed E-state index contributed by atoms with van der Waals surface area (Å²) in [5.41, 5.74) is 2.18. The van der Waals surface area contributed by atoms with Crippen molar-refractivity contribution in [3.63, 3.8) is 0 Å². The minimum atomic E-state index is -0.363. The lowest BCUT2D eigenvalue weighted by molar-refractivity contribution is -0.162. The Morgan fingerprint density at radius 1 is 1.24 bits per heavy atom. The van der Waals surface area contributed by atoms with Gasteiger partial charge in [0.05, 0.1) is 13.7 Å². The van der Waals surface area contributed by atoms with Crippen LogP contribution in [0.15, 0.2) is 29.8 Å². The first-order valence-electron chi connectivity index (χ1n) is 6.96. The first-order valence-corrected chi connectivity index (χ1v) is 6.96. The molecule has 0 amide bonds. The second-order valence-corrected chi connectivity index (χ2v) is 5.17. The van der Waals surface area contributed by atoms with Crippen molar-refractivity contribution in [1.82, 2.24) is 0 Å². The van der Waals surface area contributed by atoms with Crippen molar-refractivity contribution in [3.8, 4) is 11.5 Å². The molecule has 0 spiro atoms. The average molecular weight is 292 g/mol. The van der Waals surface area contributed by atoms with Crippen molar-refractivity contribution >= 4 is 0 Å². The highest BCUT2D eigenvalue weighted by molar-refractivity contribution is 5.45. The van der Waals surface area contributed by atoms with Crippen molar-refractivity contribution in [1.29, 1.82) is 0 Å². The molecule has 3 atom stereocenters. The number of fused-ring (bicyclic) bond motifs is 2. The molecule has 0 bridgehead atoms. The summed E-state index contributed by atoms with van der Waals surface area (Å²) in [6.45, 7) is 0.470. The molecule has 0 radical (unpaired) electrons. The maximum Gasteiger partial charge on any atom is 0.223 e. The largest absolute Gasteiger partial charge is 0.497 e. The summed E-state index contributed by atoms with van der Waals surface area (Å²) in [5, 5.41) is 0. The summed E-state index contributed by atoms with van der Waals surface area (Å²) in [5.74, 6) is 1.67. The first-order chi connectivity index (χ1) is 10.2. The van der Waals surface area contributed by atoms with Crippen LogP contribution in [0.4, 0.5) is 0 Å². The third-order valence-electron chi connectivity index (χ3n) is 3.85. The summed E-state index contributed by atoms with van der Waals surface area (Å²) < 4.78 is 27.8. The number of hydrogen-bond acceptors (Lipinski definition) is 5. The minimum Gasteiger partial charge on any atom is -0.497 e. The van der Waals surface area contributed by atoms with Crippen molar-refractivity contribution in [2.24, 2.45) is 0 Å². The molecule has 3 rings (SSSR count). The van der Waals surface area contributed by atoms with E-state index in [9.17, 15) is 0 Å². The van der Waals surface area contributed by atoms with E-state index in [1.54, 1.807) is 21.3 Å². The van der Waals surface area contributed by atoms with E-state index >= 15 is 0 Å². The van der Waals surface area contributed by atoms with E-state index in [1.807, 2.05) is 18.2 Å². The van der Waals surface area contributed by atoms with Gasteiger partial charge in [0.1, 0.15) is 23.7 Å². The van der Waals surface area contributed by atoms with Crippen LogP contribution < -0.4 is 9.47 Å². The van der Waals surface area contributed by atoms with Gasteiger partial charge in [-0.2, -0.15) is 0 Å². The molecule has 0 saturated heterocycles. The van der Waals surface area contributed by atoms with Gasteiger partial charge in [-0.25, -0.2) is 0 Å². The van der Waals surface area contributed by atoms with Crippen LogP contribution >= 0.6 is 0 Å². The van der Waals surface area contributed by atoms with Gasteiger partial charge in [-0.3, -0.25) is 0 Å². The lowest BCUT2D eigenvalue weighted by Gasteiger charge is -2.37. The molecule has 0 saturated carbocycles. The Hall–Kier alpha value is -1.56. The van der Waals surface area contributed by atoms with Gasteiger partial charge in [0.2, 0.25) is 6.29 Å². The topological polar surface area (TPSA) is 46.2 Å². The van der Waals surface area contributed by atoms with Gasteiger partial charge in [0, 0.05) is 31.8 Å². The van der Waals surface area contributed by atoms with Crippen molar-refractivity contribution < 1.29 is 23.7 Å². The maximum atomic E-state index is 5.98. The lowest BCUT2D eigenvalue weighted by Crippen LogP contribution is -2.45. The molecule has 2 heterocycles. The standard InChI is InChI=1S/C16H20O5/c1-17-9-15-14(19-3)8-11-6-10-7-12(18-2)4-5-13(10)20-16(11)21-15/h4-5,7-8,14-16H,6,9H2,1-3H3/t14-,15+,16-/m0/s1. The van der Waals surface area contributed by atoms with Crippen LogP contribution in [0, 0.1) is 0 Å². The number of benzene rings is 1. The number of ether oxygens (including phenoxy) is 5. The van der Waals surface area contributed by atoms with Crippen molar-refractivity contribution in [2.75, 3.05) is 27.9 Å². The summed E-state index contributed by atoms with van der Waals surface area (Å²) in [4.78, 5) is 0. The number of hydrogen-bond donors (Lipinski definition) is 0. The third kappa shape index (κ3) is 2.77. The molecule has 1 aromatic rings. The Morgan fingerprint density at radius 2 is 2.10 bits per heavy atom. The minimum absolute atomic E-state index is 0.119. The molecule has 21 heavy (non-hydrogen) atoms. The molecule has 0 unspecified atom stereocenters. The highest BCUT2D eigenvalue weighted by atomic mass is 16.7. The molecule has 1 aromatic carbocycles. The van der Waals surface area contributed by atoms with Gasteiger partial charge in [0.25, 0.3) is 0 Å². The van der Waals surface area contributed by atoms with Crippen molar-refractivity contribution in [2.45, 2.75) is 24.9 Å². The number of methoxy groups -OCH3 is 3. The van der Waals surface area contributed by atoms with Gasteiger partial charge in [-0.1, -0.05) is 0 Å². The Kier molecular flexibility index (Phi) is 4.14. The van der Waals surface area contributed by atoms with Crippen LogP contribution in [0.25, 0.3) is 0 Å². The first kappa shape index (κ1) is 14.4. The predicted molar refractivity (Wildman–Crippen MR) is 76.7 cm³/mol. The van der Waals surface area contributed by atoms with E-state index < -0.39 is 0 Å². The van der Waals surface area contributed by atoms with Crippen LogP contribution in [0.3, 0.4) is 0 Å². The summed E-state index contributed by atoms with van der Waals surface area (Å²) in [6, 6.07) is 5.80. The van der Waals surface area contributed by atoms with E-state index in [1.165, 1.54) is 0 Å². The second-order valence-electron chi connectivity index (χ2n) is 5.17. The van der Waals surface area contributed by atoms with Gasteiger partial charge in [-0.05, 0) is 24.3 Å². The van der Waals surface area contributed by atoms with Crippen molar-refractivity contribution in [3.05, 3.63) is 35.4 Å². The summed E-state index contributed by atoms with van der Waals surface area (Å²) >= 11 is 0. The molecule has 0 fully saturated rings. The molecular weight excluding hydrogens is 272 g/mol. The zero-order valence-electron chi connectivity index (χ0n) is 12.5. The van der Waals surface area contributed by atoms with E-state index in [0.717, 1.165) is 29.1 Å². The second kappa shape index (κ2) is 6.05. The third-order valence-corrected chi connectivity index (χ3v) is 3.85. The predicted octanol–water partition coefficient (Wildman–Crippen LogP) is 1.94. The Morgan fingerprint density at radius 3 is 2.81 bits per heavy atom. The number of rotatable bonds is 4.